The van der Waals surface area contributed by atoms with Crippen molar-refractivity contribution in [3.05, 3.63) is 24.3 Å². The van der Waals surface area contributed by atoms with Crippen molar-refractivity contribution >= 4 is 17.0 Å². The fourth-order valence-corrected chi connectivity index (χ4v) is 2.29. The number of benzene rings is 1. The van der Waals surface area contributed by atoms with Gasteiger partial charge in [0.2, 0.25) is 5.95 Å². The standard InChI is InChI=1S/C12H12N6/c13-12-15-10(16-17-12)11-14-8-3-1-2-4-9(8)18(11)7-5-6-7/h1-4,7H,5-6H2,(H3,13,15,16,17). The summed E-state index contributed by atoms with van der Waals surface area (Å²) in [5.41, 5.74) is 7.69. The van der Waals surface area contributed by atoms with Crippen LogP contribution in [0.25, 0.3) is 22.7 Å². The molecule has 2 heterocycles. The molecule has 0 atom stereocenters. The van der Waals surface area contributed by atoms with Crippen molar-refractivity contribution < 1.29 is 0 Å². The Bertz CT molecular complexity index is 721. The fraction of sp³-hybridized carbons (Fsp3) is 0.250. The molecule has 6 nitrogen and oxygen atoms in total. The molecule has 18 heavy (non-hydrogen) atoms. The van der Waals surface area contributed by atoms with Gasteiger partial charge in [-0.2, -0.15) is 4.98 Å². The van der Waals surface area contributed by atoms with Crippen LogP contribution in [0.2, 0.25) is 0 Å². The van der Waals surface area contributed by atoms with Crippen molar-refractivity contribution in [3.8, 4) is 11.6 Å². The normalized spacial score (nSPS) is 15.3. The largest absolute Gasteiger partial charge is 0.366 e. The van der Waals surface area contributed by atoms with Gasteiger partial charge in [0.25, 0.3) is 0 Å². The second-order valence-corrected chi connectivity index (χ2v) is 4.57. The molecule has 6 heteroatoms. The van der Waals surface area contributed by atoms with Crippen molar-refractivity contribution in [1.82, 2.24) is 24.7 Å². The maximum absolute atomic E-state index is 5.56. The number of imidazole rings is 1. The highest BCUT2D eigenvalue weighted by molar-refractivity contribution is 5.80. The summed E-state index contributed by atoms with van der Waals surface area (Å²) in [6.07, 6.45) is 2.38. The van der Waals surface area contributed by atoms with E-state index in [2.05, 4.69) is 30.8 Å². The minimum absolute atomic E-state index is 0.249. The summed E-state index contributed by atoms with van der Waals surface area (Å²) < 4.78 is 2.23. The van der Waals surface area contributed by atoms with Gasteiger partial charge in [-0.1, -0.05) is 12.1 Å². The molecule has 0 bridgehead atoms. The average Bonchev–Trinajstić information content (AvgIpc) is 3.00. The predicted molar refractivity (Wildman–Crippen MR) is 67.8 cm³/mol. The molecule has 1 saturated carbocycles. The summed E-state index contributed by atoms with van der Waals surface area (Å²) in [6.45, 7) is 0. The van der Waals surface area contributed by atoms with E-state index < -0.39 is 0 Å². The maximum atomic E-state index is 5.56. The van der Waals surface area contributed by atoms with Gasteiger partial charge in [0.05, 0.1) is 11.0 Å². The number of aromatic nitrogens is 5. The highest BCUT2D eigenvalue weighted by Crippen LogP contribution is 2.40. The molecule has 1 fully saturated rings. The number of para-hydroxylation sites is 2. The quantitative estimate of drug-likeness (QED) is 0.714. The van der Waals surface area contributed by atoms with Crippen molar-refractivity contribution in [2.75, 3.05) is 5.73 Å². The lowest BCUT2D eigenvalue weighted by molar-refractivity contribution is 0.769. The number of nitrogen functional groups attached to an aromatic ring is 1. The molecule has 4 rings (SSSR count). The Morgan fingerprint density at radius 2 is 2.06 bits per heavy atom. The third kappa shape index (κ3) is 1.32. The van der Waals surface area contributed by atoms with Crippen LogP contribution < -0.4 is 5.73 Å². The number of aromatic amines is 1. The summed E-state index contributed by atoms with van der Waals surface area (Å²) >= 11 is 0. The summed E-state index contributed by atoms with van der Waals surface area (Å²) in [5, 5.41) is 6.71. The van der Waals surface area contributed by atoms with Gasteiger partial charge < -0.3 is 10.3 Å². The van der Waals surface area contributed by atoms with Crippen LogP contribution in [0.4, 0.5) is 5.95 Å². The SMILES string of the molecule is Nc1n[nH]c(-c2nc3ccccc3n2C2CC2)n1. The Balaban J connectivity index is 2.01. The van der Waals surface area contributed by atoms with E-state index in [1.165, 1.54) is 12.8 Å². The number of nitrogens with two attached hydrogens (primary N) is 1. The van der Waals surface area contributed by atoms with E-state index >= 15 is 0 Å². The lowest BCUT2D eigenvalue weighted by Crippen LogP contribution is -1.98. The number of fused-ring (bicyclic) bond motifs is 1. The Hall–Kier alpha value is -2.37. The summed E-state index contributed by atoms with van der Waals surface area (Å²) in [6, 6.07) is 8.65. The van der Waals surface area contributed by atoms with E-state index in [-0.39, 0.29) is 5.95 Å². The first-order valence-electron chi connectivity index (χ1n) is 5.98. The number of hydrogen-bond donors (Lipinski definition) is 2. The number of nitrogens with zero attached hydrogens (tertiary/aromatic N) is 4. The van der Waals surface area contributed by atoms with Crippen molar-refractivity contribution in [1.29, 1.82) is 0 Å². The summed E-state index contributed by atoms with van der Waals surface area (Å²) in [7, 11) is 0. The molecule has 2 aromatic heterocycles. The molecule has 0 unspecified atom stereocenters. The van der Waals surface area contributed by atoms with Crippen molar-refractivity contribution in [3.63, 3.8) is 0 Å². The molecule has 1 aliphatic rings. The molecule has 1 aliphatic carbocycles. The molecule has 0 spiro atoms. The van der Waals surface area contributed by atoms with Gasteiger partial charge in [-0.3, -0.25) is 5.10 Å². The number of anilines is 1. The molecule has 0 amide bonds. The van der Waals surface area contributed by atoms with Gasteiger partial charge in [0.15, 0.2) is 11.6 Å². The molecule has 0 saturated heterocycles. The smallest absolute Gasteiger partial charge is 0.239 e. The molecular formula is C12H12N6. The van der Waals surface area contributed by atoms with Gasteiger partial charge in [-0.05, 0) is 25.0 Å². The van der Waals surface area contributed by atoms with E-state index in [0.717, 1.165) is 16.9 Å². The molecule has 3 aromatic rings. The molecular weight excluding hydrogens is 228 g/mol. The van der Waals surface area contributed by atoms with Crippen LogP contribution in [0.5, 0.6) is 0 Å². The molecule has 90 valence electrons. The number of H-pyrrole nitrogens is 1. The van der Waals surface area contributed by atoms with E-state index in [1.54, 1.807) is 0 Å². The van der Waals surface area contributed by atoms with Gasteiger partial charge in [-0.15, -0.1) is 5.10 Å². The summed E-state index contributed by atoms with van der Waals surface area (Å²) in [5.74, 6) is 1.71. The lowest BCUT2D eigenvalue weighted by Gasteiger charge is -2.04. The van der Waals surface area contributed by atoms with Crippen LogP contribution >= 0.6 is 0 Å². The second kappa shape index (κ2) is 3.32. The van der Waals surface area contributed by atoms with Gasteiger partial charge in [0, 0.05) is 6.04 Å². The monoisotopic (exact) mass is 240 g/mol. The third-order valence-electron chi connectivity index (χ3n) is 3.22. The number of nitrogens with one attached hydrogen (secondary N) is 1. The number of rotatable bonds is 2. The van der Waals surface area contributed by atoms with E-state index in [0.29, 0.717) is 11.9 Å². The molecule has 0 aliphatic heterocycles. The zero-order chi connectivity index (χ0) is 12.1. The van der Waals surface area contributed by atoms with E-state index in [1.807, 2.05) is 18.2 Å². The Kier molecular flexibility index (Phi) is 1.78. The predicted octanol–water partition coefficient (Wildman–Crippen LogP) is 1.74. The van der Waals surface area contributed by atoms with Gasteiger partial charge in [-0.25, -0.2) is 4.98 Å². The zero-order valence-electron chi connectivity index (χ0n) is 9.67. The topological polar surface area (TPSA) is 85.4 Å². The van der Waals surface area contributed by atoms with E-state index in [4.69, 9.17) is 5.73 Å². The van der Waals surface area contributed by atoms with E-state index in [9.17, 15) is 0 Å². The lowest BCUT2D eigenvalue weighted by atomic mass is 10.3. The zero-order valence-corrected chi connectivity index (χ0v) is 9.67. The molecule has 1 aromatic carbocycles. The average molecular weight is 240 g/mol. The van der Waals surface area contributed by atoms with Crippen LogP contribution in [0.1, 0.15) is 18.9 Å². The van der Waals surface area contributed by atoms with Crippen molar-refractivity contribution in [2.45, 2.75) is 18.9 Å². The molecule has 0 radical (unpaired) electrons. The Morgan fingerprint density at radius 1 is 1.22 bits per heavy atom. The minimum atomic E-state index is 0.249. The van der Waals surface area contributed by atoms with Crippen molar-refractivity contribution in [2.24, 2.45) is 0 Å². The van der Waals surface area contributed by atoms with Gasteiger partial charge >= 0.3 is 0 Å². The van der Waals surface area contributed by atoms with Crippen LogP contribution in [-0.4, -0.2) is 24.7 Å². The van der Waals surface area contributed by atoms with Crippen LogP contribution in [-0.2, 0) is 0 Å². The first-order valence-corrected chi connectivity index (χ1v) is 5.98. The van der Waals surface area contributed by atoms with Gasteiger partial charge in [0.1, 0.15) is 0 Å². The first-order chi connectivity index (χ1) is 8.83. The van der Waals surface area contributed by atoms with Crippen LogP contribution in [0, 0.1) is 0 Å². The maximum Gasteiger partial charge on any atom is 0.239 e. The van der Waals surface area contributed by atoms with Crippen LogP contribution in [0.15, 0.2) is 24.3 Å². The first kappa shape index (κ1) is 9.64. The fourth-order valence-electron chi connectivity index (χ4n) is 2.29. The highest BCUT2D eigenvalue weighted by atomic mass is 15.3. The summed E-state index contributed by atoms with van der Waals surface area (Å²) in [4.78, 5) is 8.81. The Morgan fingerprint density at radius 3 is 2.78 bits per heavy atom. The third-order valence-corrected chi connectivity index (χ3v) is 3.22. The minimum Gasteiger partial charge on any atom is -0.366 e. The highest BCUT2D eigenvalue weighted by Gasteiger charge is 2.29. The van der Waals surface area contributed by atoms with Crippen LogP contribution in [0.3, 0.4) is 0 Å². The number of hydrogen-bond acceptors (Lipinski definition) is 4. The Labute approximate surface area is 103 Å². The molecule has 3 N–H and O–H groups in total. The second-order valence-electron chi connectivity index (χ2n) is 4.57.